The van der Waals surface area contributed by atoms with Crippen molar-refractivity contribution in [3.8, 4) is 22.6 Å². The van der Waals surface area contributed by atoms with E-state index in [1.54, 1.807) is 27.8 Å². The lowest BCUT2D eigenvalue weighted by Crippen LogP contribution is -1.92. The van der Waals surface area contributed by atoms with Crippen molar-refractivity contribution < 1.29 is 0 Å². The summed E-state index contributed by atoms with van der Waals surface area (Å²) in [6, 6.07) is 1.72. The molecule has 0 radical (unpaired) electrons. The standard InChI is InChI=1S/C12H11ClN6/c1-18-6-8(4-14-18)10-3-11(13)17-12(16-10)9-5-15-19(2)7-9/h3-7H,1-2H3. The molecular weight excluding hydrogens is 264 g/mol. The Morgan fingerprint density at radius 3 is 2.16 bits per heavy atom. The third kappa shape index (κ3) is 2.34. The van der Waals surface area contributed by atoms with Crippen molar-refractivity contribution in [3.05, 3.63) is 36.0 Å². The Hall–Kier alpha value is -2.21. The predicted octanol–water partition coefficient (Wildman–Crippen LogP) is 1.93. The molecule has 19 heavy (non-hydrogen) atoms. The molecule has 3 aromatic heterocycles. The first kappa shape index (κ1) is 11.9. The van der Waals surface area contributed by atoms with Crippen LogP contribution < -0.4 is 0 Å². The lowest BCUT2D eigenvalue weighted by Gasteiger charge is -2.01. The summed E-state index contributed by atoms with van der Waals surface area (Å²) in [7, 11) is 3.70. The van der Waals surface area contributed by atoms with Crippen LogP contribution in [0.2, 0.25) is 5.15 Å². The molecule has 3 rings (SSSR count). The van der Waals surface area contributed by atoms with Crippen LogP contribution in [0.25, 0.3) is 22.6 Å². The van der Waals surface area contributed by atoms with E-state index in [0.717, 1.165) is 16.8 Å². The zero-order valence-electron chi connectivity index (χ0n) is 10.4. The fourth-order valence-electron chi connectivity index (χ4n) is 1.78. The van der Waals surface area contributed by atoms with Crippen molar-refractivity contribution >= 4 is 11.6 Å². The van der Waals surface area contributed by atoms with Gasteiger partial charge in [-0.15, -0.1) is 0 Å². The summed E-state index contributed by atoms with van der Waals surface area (Å²) in [6.07, 6.45) is 7.18. The summed E-state index contributed by atoms with van der Waals surface area (Å²) in [6.45, 7) is 0. The molecule has 0 aliphatic rings. The molecule has 0 aliphatic heterocycles. The molecule has 0 unspecified atom stereocenters. The lowest BCUT2D eigenvalue weighted by atomic mass is 10.2. The van der Waals surface area contributed by atoms with E-state index in [1.807, 2.05) is 26.5 Å². The van der Waals surface area contributed by atoms with Crippen molar-refractivity contribution in [1.29, 1.82) is 0 Å². The van der Waals surface area contributed by atoms with Crippen LogP contribution in [-0.4, -0.2) is 29.5 Å². The second kappa shape index (κ2) is 4.47. The first-order valence-electron chi connectivity index (χ1n) is 5.64. The Morgan fingerprint density at radius 2 is 1.58 bits per heavy atom. The minimum Gasteiger partial charge on any atom is -0.275 e. The highest BCUT2D eigenvalue weighted by Crippen LogP contribution is 2.23. The minimum absolute atomic E-state index is 0.396. The van der Waals surface area contributed by atoms with Crippen molar-refractivity contribution in [1.82, 2.24) is 29.5 Å². The average molecular weight is 275 g/mol. The van der Waals surface area contributed by atoms with Crippen LogP contribution in [0.15, 0.2) is 30.9 Å². The van der Waals surface area contributed by atoms with Crippen LogP contribution in [0, 0.1) is 0 Å². The van der Waals surface area contributed by atoms with Crippen LogP contribution in [-0.2, 0) is 14.1 Å². The van der Waals surface area contributed by atoms with Gasteiger partial charge in [0.15, 0.2) is 5.82 Å². The molecule has 0 fully saturated rings. The highest BCUT2D eigenvalue weighted by Gasteiger charge is 2.10. The predicted molar refractivity (Wildman–Crippen MR) is 71.4 cm³/mol. The molecule has 7 heteroatoms. The molecule has 96 valence electrons. The highest BCUT2D eigenvalue weighted by molar-refractivity contribution is 6.29. The zero-order chi connectivity index (χ0) is 13.4. The molecule has 0 aliphatic carbocycles. The number of hydrogen-bond acceptors (Lipinski definition) is 4. The number of hydrogen-bond donors (Lipinski definition) is 0. The number of nitrogens with zero attached hydrogens (tertiary/aromatic N) is 6. The largest absolute Gasteiger partial charge is 0.275 e. The van der Waals surface area contributed by atoms with Gasteiger partial charge in [-0.3, -0.25) is 9.36 Å². The van der Waals surface area contributed by atoms with Gasteiger partial charge in [0.25, 0.3) is 0 Å². The highest BCUT2D eigenvalue weighted by atomic mass is 35.5. The summed E-state index contributed by atoms with van der Waals surface area (Å²) < 4.78 is 3.42. The number of aromatic nitrogens is 6. The summed E-state index contributed by atoms with van der Waals surface area (Å²) in [5.74, 6) is 0.555. The topological polar surface area (TPSA) is 61.4 Å². The SMILES string of the molecule is Cn1cc(-c2cc(Cl)nc(-c3cnn(C)c3)n2)cn1. The molecular formula is C12H11ClN6. The van der Waals surface area contributed by atoms with Gasteiger partial charge in [-0.2, -0.15) is 10.2 Å². The molecule has 6 nitrogen and oxygen atoms in total. The Labute approximate surface area is 114 Å². The second-order valence-corrected chi connectivity index (χ2v) is 4.59. The van der Waals surface area contributed by atoms with Gasteiger partial charge in [-0.25, -0.2) is 9.97 Å². The van der Waals surface area contributed by atoms with Crippen LogP contribution >= 0.6 is 11.6 Å². The van der Waals surface area contributed by atoms with Gasteiger partial charge >= 0.3 is 0 Å². The summed E-state index contributed by atoms with van der Waals surface area (Å²) in [5, 5.41) is 8.63. The van der Waals surface area contributed by atoms with E-state index >= 15 is 0 Å². The number of halogens is 1. The van der Waals surface area contributed by atoms with Gasteiger partial charge in [0.05, 0.1) is 23.7 Å². The van der Waals surface area contributed by atoms with E-state index in [1.165, 1.54) is 0 Å². The van der Waals surface area contributed by atoms with Gasteiger partial charge in [0.2, 0.25) is 0 Å². The second-order valence-electron chi connectivity index (χ2n) is 4.20. The number of rotatable bonds is 2. The van der Waals surface area contributed by atoms with E-state index in [9.17, 15) is 0 Å². The van der Waals surface area contributed by atoms with E-state index in [2.05, 4.69) is 20.2 Å². The fourth-order valence-corrected chi connectivity index (χ4v) is 1.97. The molecule has 0 N–H and O–H groups in total. The minimum atomic E-state index is 0.396. The molecule has 0 atom stereocenters. The summed E-state index contributed by atoms with van der Waals surface area (Å²) in [4.78, 5) is 8.72. The molecule has 0 bridgehead atoms. The molecule has 0 spiro atoms. The van der Waals surface area contributed by atoms with E-state index in [0.29, 0.717) is 11.0 Å². The average Bonchev–Trinajstić information content (AvgIpc) is 2.97. The smallest absolute Gasteiger partial charge is 0.164 e. The Morgan fingerprint density at radius 1 is 0.947 bits per heavy atom. The van der Waals surface area contributed by atoms with Crippen molar-refractivity contribution in [2.45, 2.75) is 0 Å². The van der Waals surface area contributed by atoms with Crippen LogP contribution in [0.1, 0.15) is 0 Å². The normalized spacial score (nSPS) is 10.9. The summed E-state index contributed by atoms with van der Waals surface area (Å²) >= 11 is 6.06. The van der Waals surface area contributed by atoms with Gasteiger partial charge in [0, 0.05) is 38.1 Å². The molecule has 0 aromatic carbocycles. The first-order valence-corrected chi connectivity index (χ1v) is 6.02. The third-order valence-electron chi connectivity index (χ3n) is 2.66. The van der Waals surface area contributed by atoms with Crippen LogP contribution in [0.3, 0.4) is 0 Å². The molecule has 0 saturated carbocycles. The van der Waals surface area contributed by atoms with E-state index < -0.39 is 0 Å². The Bertz CT molecular complexity index is 671. The maximum Gasteiger partial charge on any atom is 0.164 e. The van der Waals surface area contributed by atoms with Gasteiger partial charge in [0.1, 0.15) is 5.15 Å². The number of aryl methyl sites for hydroxylation is 2. The van der Waals surface area contributed by atoms with Gasteiger partial charge < -0.3 is 0 Å². The Kier molecular flexibility index (Phi) is 2.79. The van der Waals surface area contributed by atoms with E-state index in [-0.39, 0.29) is 0 Å². The van der Waals surface area contributed by atoms with Crippen LogP contribution in [0.5, 0.6) is 0 Å². The zero-order valence-corrected chi connectivity index (χ0v) is 11.2. The quantitative estimate of drug-likeness (QED) is 0.670. The lowest BCUT2D eigenvalue weighted by molar-refractivity contribution is 0.768. The maximum atomic E-state index is 6.06. The Balaban J connectivity index is 2.10. The van der Waals surface area contributed by atoms with E-state index in [4.69, 9.17) is 11.6 Å². The van der Waals surface area contributed by atoms with Gasteiger partial charge in [-0.1, -0.05) is 11.6 Å². The molecule has 0 saturated heterocycles. The van der Waals surface area contributed by atoms with Crippen molar-refractivity contribution in [2.24, 2.45) is 14.1 Å². The van der Waals surface area contributed by atoms with Gasteiger partial charge in [-0.05, 0) is 0 Å². The molecule has 3 aromatic rings. The third-order valence-corrected chi connectivity index (χ3v) is 2.85. The molecule has 0 amide bonds. The first-order chi connectivity index (χ1) is 9.11. The monoisotopic (exact) mass is 274 g/mol. The van der Waals surface area contributed by atoms with Crippen LogP contribution in [0.4, 0.5) is 0 Å². The fraction of sp³-hybridized carbons (Fsp3) is 0.167. The van der Waals surface area contributed by atoms with Crippen molar-refractivity contribution in [3.63, 3.8) is 0 Å². The van der Waals surface area contributed by atoms with Crippen molar-refractivity contribution in [2.75, 3.05) is 0 Å². The summed E-state index contributed by atoms with van der Waals surface area (Å²) in [5.41, 5.74) is 2.47. The molecule has 3 heterocycles. The maximum absolute atomic E-state index is 6.06.